The summed E-state index contributed by atoms with van der Waals surface area (Å²) in [6, 6.07) is 0.519. The highest BCUT2D eigenvalue weighted by Crippen LogP contribution is 2.27. The van der Waals surface area contributed by atoms with E-state index in [4.69, 9.17) is 0 Å². The monoisotopic (exact) mass is 265 g/mol. The number of nitrogens with zero attached hydrogens (tertiary/aromatic N) is 2. The Morgan fingerprint density at radius 1 is 1.37 bits per heavy atom. The Morgan fingerprint density at radius 2 is 2.05 bits per heavy atom. The van der Waals surface area contributed by atoms with E-state index >= 15 is 0 Å². The van der Waals surface area contributed by atoms with E-state index in [0.717, 1.165) is 18.9 Å². The average Bonchev–Trinajstić information content (AvgIpc) is 2.72. The zero-order valence-corrected chi connectivity index (χ0v) is 13.5. The topological polar surface area (TPSA) is 29.9 Å². The molecule has 0 bridgehead atoms. The van der Waals surface area contributed by atoms with Gasteiger partial charge >= 0.3 is 0 Å². The van der Waals surface area contributed by atoms with Crippen molar-refractivity contribution in [2.45, 2.75) is 66.5 Å². The second kappa shape index (κ2) is 7.09. The van der Waals surface area contributed by atoms with E-state index in [1.807, 2.05) is 6.20 Å². The summed E-state index contributed by atoms with van der Waals surface area (Å²) >= 11 is 0. The van der Waals surface area contributed by atoms with Crippen LogP contribution in [0.5, 0.6) is 0 Å². The van der Waals surface area contributed by atoms with Gasteiger partial charge in [-0.15, -0.1) is 0 Å². The standard InChI is InChI=1S/C16H31N3/c1-7-19-9-8-18-15(19)11-14(17-6)10-13(2)12-16(3,4)5/h8-9,13-14,17H,7,10-12H2,1-6H3. The Kier molecular flexibility index (Phi) is 6.05. The van der Waals surface area contributed by atoms with E-state index in [-0.39, 0.29) is 0 Å². The number of aryl methyl sites for hydroxylation is 1. The van der Waals surface area contributed by atoms with Crippen molar-refractivity contribution in [2.24, 2.45) is 11.3 Å². The molecule has 0 aromatic carbocycles. The zero-order valence-electron chi connectivity index (χ0n) is 13.5. The molecule has 0 spiro atoms. The lowest BCUT2D eigenvalue weighted by atomic mass is 9.82. The summed E-state index contributed by atoms with van der Waals surface area (Å²) < 4.78 is 2.23. The Labute approximate surface area is 118 Å². The van der Waals surface area contributed by atoms with Crippen molar-refractivity contribution in [1.29, 1.82) is 0 Å². The third-order valence-corrected chi connectivity index (χ3v) is 3.63. The summed E-state index contributed by atoms with van der Waals surface area (Å²) in [4.78, 5) is 4.48. The van der Waals surface area contributed by atoms with Gasteiger partial charge in [0, 0.05) is 31.4 Å². The number of aromatic nitrogens is 2. The van der Waals surface area contributed by atoms with Crippen LogP contribution < -0.4 is 5.32 Å². The minimum absolute atomic E-state index is 0.416. The number of imidazole rings is 1. The lowest BCUT2D eigenvalue weighted by Crippen LogP contribution is -2.31. The first-order valence-electron chi connectivity index (χ1n) is 7.53. The Hall–Kier alpha value is -0.830. The Balaban J connectivity index is 2.54. The van der Waals surface area contributed by atoms with Crippen LogP contribution in [0.4, 0.5) is 0 Å². The van der Waals surface area contributed by atoms with E-state index in [1.165, 1.54) is 18.7 Å². The molecule has 2 atom stereocenters. The fraction of sp³-hybridized carbons (Fsp3) is 0.812. The van der Waals surface area contributed by atoms with Gasteiger partial charge in [0.1, 0.15) is 5.82 Å². The van der Waals surface area contributed by atoms with E-state index < -0.39 is 0 Å². The summed E-state index contributed by atoms with van der Waals surface area (Å²) in [5, 5.41) is 3.45. The second-order valence-electron chi connectivity index (χ2n) is 6.92. The van der Waals surface area contributed by atoms with Crippen LogP contribution >= 0.6 is 0 Å². The van der Waals surface area contributed by atoms with Crippen molar-refractivity contribution in [3.63, 3.8) is 0 Å². The molecule has 2 unspecified atom stereocenters. The maximum Gasteiger partial charge on any atom is 0.110 e. The van der Waals surface area contributed by atoms with Gasteiger partial charge in [0.05, 0.1) is 0 Å². The minimum atomic E-state index is 0.416. The Bertz CT molecular complexity index is 362. The van der Waals surface area contributed by atoms with E-state index in [1.54, 1.807) is 0 Å². The van der Waals surface area contributed by atoms with Crippen LogP contribution in [0.25, 0.3) is 0 Å². The predicted molar refractivity (Wildman–Crippen MR) is 82.3 cm³/mol. The molecule has 110 valence electrons. The molecule has 1 heterocycles. The quantitative estimate of drug-likeness (QED) is 0.818. The number of likely N-dealkylation sites (N-methyl/N-ethyl adjacent to an activating group) is 1. The van der Waals surface area contributed by atoms with Gasteiger partial charge in [-0.3, -0.25) is 0 Å². The van der Waals surface area contributed by atoms with Crippen LogP contribution in [0.3, 0.4) is 0 Å². The SMILES string of the molecule is CCn1ccnc1CC(CC(C)CC(C)(C)C)NC. The molecule has 0 saturated carbocycles. The summed E-state index contributed by atoms with van der Waals surface area (Å²) in [6.07, 6.45) is 7.48. The largest absolute Gasteiger partial charge is 0.335 e. The van der Waals surface area contributed by atoms with Gasteiger partial charge in [-0.1, -0.05) is 27.7 Å². The van der Waals surface area contributed by atoms with Gasteiger partial charge in [0.15, 0.2) is 0 Å². The van der Waals surface area contributed by atoms with E-state index in [9.17, 15) is 0 Å². The Morgan fingerprint density at radius 3 is 2.58 bits per heavy atom. The smallest absolute Gasteiger partial charge is 0.110 e. The molecule has 0 saturated heterocycles. The zero-order chi connectivity index (χ0) is 14.5. The molecule has 1 N–H and O–H groups in total. The molecule has 0 amide bonds. The normalized spacial score (nSPS) is 15.5. The highest BCUT2D eigenvalue weighted by molar-refractivity contribution is 4.95. The molecule has 1 aromatic rings. The maximum absolute atomic E-state index is 4.48. The molecule has 0 radical (unpaired) electrons. The molecule has 0 aliphatic carbocycles. The maximum atomic E-state index is 4.48. The molecule has 3 heteroatoms. The van der Waals surface area contributed by atoms with Crippen LogP contribution in [0.2, 0.25) is 0 Å². The van der Waals surface area contributed by atoms with Crippen molar-refractivity contribution in [3.8, 4) is 0 Å². The molecule has 3 nitrogen and oxygen atoms in total. The number of nitrogens with one attached hydrogen (secondary N) is 1. The lowest BCUT2D eigenvalue weighted by molar-refractivity contribution is 0.276. The number of hydrogen-bond donors (Lipinski definition) is 1. The first kappa shape index (κ1) is 16.2. The van der Waals surface area contributed by atoms with Crippen molar-refractivity contribution in [3.05, 3.63) is 18.2 Å². The average molecular weight is 265 g/mol. The van der Waals surface area contributed by atoms with Crippen LogP contribution in [0, 0.1) is 11.3 Å². The van der Waals surface area contributed by atoms with Gasteiger partial charge in [-0.25, -0.2) is 4.98 Å². The summed E-state index contributed by atoms with van der Waals surface area (Å²) in [5.74, 6) is 1.94. The van der Waals surface area contributed by atoms with Crippen LogP contribution in [0.1, 0.15) is 53.3 Å². The van der Waals surface area contributed by atoms with Crippen LogP contribution in [-0.4, -0.2) is 22.6 Å². The minimum Gasteiger partial charge on any atom is -0.335 e. The van der Waals surface area contributed by atoms with Crippen LogP contribution in [0.15, 0.2) is 12.4 Å². The molecule has 19 heavy (non-hydrogen) atoms. The van der Waals surface area contributed by atoms with Crippen molar-refractivity contribution in [2.75, 3.05) is 7.05 Å². The highest BCUT2D eigenvalue weighted by Gasteiger charge is 2.19. The first-order chi connectivity index (χ1) is 8.85. The number of rotatable bonds is 7. The molecule has 1 rings (SSSR count). The van der Waals surface area contributed by atoms with Gasteiger partial charge in [-0.05, 0) is 38.1 Å². The summed E-state index contributed by atoms with van der Waals surface area (Å²) in [5.41, 5.74) is 0.416. The number of hydrogen-bond acceptors (Lipinski definition) is 2. The first-order valence-corrected chi connectivity index (χ1v) is 7.53. The van der Waals surface area contributed by atoms with Crippen molar-refractivity contribution < 1.29 is 0 Å². The molecule has 0 aliphatic rings. The fourth-order valence-corrected chi connectivity index (χ4v) is 2.96. The van der Waals surface area contributed by atoms with Gasteiger partial charge in [0.2, 0.25) is 0 Å². The van der Waals surface area contributed by atoms with Crippen molar-refractivity contribution in [1.82, 2.24) is 14.9 Å². The molecular formula is C16H31N3. The predicted octanol–water partition coefficient (Wildman–Crippen LogP) is 3.50. The van der Waals surface area contributed by atoms with E-state index in [2.05, 4.69) is 62.7 Å². The van der Waals surface area contributed by atoms with E-state index in [0.29, 0.717) is 11.5 Å². The van der Waals surface area contributed by atoms with Gasteiger partial charge in [0.25, 0.3) is 0 Å². The van der Waals surface area contributed by atoms with Gasteiger partial charge < -0.3 is 9.88 Å². The van der Waals surface area contributed by atoms with Crippen molar-refractivity contribution >= 4 is 0 Å². The third kappa shape index (κ3) is 5.77. The van der Waals surface area contributed by atoms with Gasteiger partial charge in [-0.2, -0.15) is 0 Å². The molecule has 0 aliphatic heterocycles. The summed E-state index contributed by atoms with van der Waals surface area (Å²) in [7, 11) is 2.06. The molecule has 1 aromatic heterocycles. The molecule has 0 fully saturated rings. The van der Waals surface area contributed by atoms with Crippen LogP contribution in [-0.2, 0) is 13.0 Å². The third-order valence-electron chi connectivity index (χ3n) is 3.63. The highest BCUT2D eigenvalue weighted by atomic mass is 15.1. The second-order valence-corrected chi connectivity index (χ2v) is 6.92. The summed E-state index contributed by atoms with van der Waals surface area (Å²) in [6.45, 7) is 12.5. The molecular weight excluding hydrogens is 234 g/mol. The fourth-order valence-electron chi connectivity index (χ4n) is 2.96. The lowest BCUT2D eigenvalue weighted by Gasteiger charge is -2.26.